The Hall–Kier alpha value is -1.32. The number of nitrogens with one attached hydrogen (secondary N) is 1. The van der Waals surface area contributed by atoms with Crippen LogP contribution in [0.3, 0.4) is 0 Å². The van der Waals surface area contributed by atoms with Gasteiger partial charge in [-0.1, -0.05) is 45.8 Å². The first kappa shape index (κ1) is 14.6. The molecule has 0 aromatic heterocycles. The van der Waals surface area contributed by atoms with E-state index in [-0.39, 0.29) is 6.10 Å². The fourth-order valence-electron chi connectivity index (χ4n) is 3.09. The van der Waals surface area contributed by atoms with Crippen molar-refractivity contribution in [1.29, 1.82) is 0 Å². The summed E-state index contributed by atoms with van der Waals surface area (Å²) in [6.07, 6.45) is 1.06. The lowest BCUT2D eigenvalue weighted by Gasteiger charge is -2.33. The molecule has 21 heavy (non-hydrogen) atoms. The van der Waals surface area contributed by atoms with E-state index in [0.29, 0.717) is 6.04 Å². The SMILES string of the molecule is CNC1CC(c2ccc(C)cc2C)Oc2cc(Br)ccc21. The van der Waals surface area contributed by atoms with Crippen LogP contribution in [0.1, 0.15) is 40.8 Å². The predicted octanol–water partition coefficient (Wildman–Crippen LogP) is 4.85. The van der Waals surface area contributed by atoms with Crippen molar-refractivity contribution < 1.29 is 4.74 Å². The summed E-state index contributed by atoms with van der Waals surface area (Å²) in [4.78, 5) is 0. The smallest absolute Gasteiger partial charge is 0.126 e. The number of aryl methyl sites for hydroxylation is 2. The Kier molecular flexibility index (Phi) is 4.05. The quantitative estimate of drug-likeness (QED) is 0.839. The van der Waals surface area contributed by atoms with Gasteiger partial charge in [0.25, 0.3) is 0 Å². The minimum absolute atomic E-state index is 0.102. The first-order chi connectivity index (χ1) is 10.1. The van der Waals surface area contributed by atoms with Crippen molar-refractivity contribution >= 4 is 15.9 Å². The molecule has 2 aromatic carbocycles. The third kappa shape index (κ3) is 2.85. The lowest BCUT2D eigenvalue weighted by molar-refractivity contribution is 0.153. The molecule has 1 heterocycles. The van der Waals surface area contributed by atoms with Crippen molar-refractivity contribution in [2.45, 2.75) is 32.4 Å². The molecular weight excluding hydrogens is 326 g/mol. The van der Waals surface area contributed by atoms with Crippen LogP contribution in [0.25, 0.3) is 0 Å². The van der Waals surface area contributed by atoms with Gasteiger partial charge < -0.3 is 10.1 Å². The van der Waals surface area contributed by atoms with Gasteiger partial charge in [0, 0.05) is 22.5 Å². The number of halogens is 1. The van der Waals surface area contributed by atoms with Crippen molar-refractivity contribution in [3.8, 4) is 5.75 Å². The van der Waals surface area contributed by atoms with Crippen LogP contribution in [0.2, 0.25) is 0 Å². The Bertz CT molecular complexity index is 668. The molecule has 110 valence electrons. The standard InChI is InChI=1S/C18H20BrNO/c1-11-4-6-14(12(2)8-11)18-10-16(20-3)15-7-5-13(19)9-17(15)21-18/h4-9,16,18,20H,10H2,1-3H3. The highest BCUT2D eigenvalue weighted by Gasteiger charge is 2.29. The molecule has 0 aliphatic carbocycles. The number of fused-ring (bicyclic) bond motifs is 1. The van der Waals surface area contributed by atoms with E-state index < -0.39 is 0 Å². The number of hydrogen-bond acceptors (Lipinski definition) is 2. The molecule has 0 amide bonds. The Morgan fingerprint density at radius 2 is 1.86 bits per heavy atom. The van der Waals surface area contributed by atoms with Crippen LogP contribution in [0, 0.1) is 13.8 Å². The summed E-state index contributed by atoms with van der Waals surface area (Å²) >= 11 is 3.53. The Morgan fingerprint density at radius 3 is 2.57 bits per heavy atom. The molecular formula is C18H20BrNO. The van der Waals surface area contributed by atoms with Crippen LogP contribution < -0.4 is 10.1 Å². The van der Waals surface area contributed by atoms with Gasteiger partial charge in [-0.2, -0.15) is 0 Å². The van der Waals surface area contributed by atoms with Crippen LogP contribution in [-0.4, -0.2) is 7.05 Å². The lowest BCUT2D eigenvalue weighted by Crippen LogP contribution is -2.27. The summed E-state index contributed by atoms with van der Waals surface area (Å²) < 4.78 is 7.33. The molecule has 1 aliphatic heterocycles. The van der Waals surface area contributed by atoms with Crippen molar-refractivity contribution in [3.63, 3.8) is 0 Å². The molecule has 3 rings (SSSR count). The van der Waals surface area contributed by atoms with E-state index in [2.05, 4.69) is 71.5 Å². The van der Waals surface area contributed by atoms with Gasteiger partial charge in [0.05, 0.1) is 0 Å². The van der Waals surface area contributed by atoms with Crippen LogP contribution in [0.15, 0.2) is 40.9 Å². The number of rotatable bonds is 2. The molecule has 0 saturated heterocycles. The summed E-state index contributed by atoms with van der Waals surface area (Å²) in [5.41, 5.74) is 5.11. The fraction of sp³-hybridized carbons (Fsp3) is 0.333. The van der Waals surface area contributed by atoms with Gasteiger partial charge in [-0.05, 0) is 44.2 Å². The van der Waals surface area contributed by atoms with E-state index in [1.165, 1.54) is 22.3 Å². The zero-order valence-corrected chi connectivity index (χ0v) is 14.2. The third-order valence-corrected chi connectivity index (χ3v) is 4.68. The summed E-state index contributed by atoms with van der Waals surface area (Å²) in [7, 11) is 2.01. The molecule has 2 aromatic rings. The fourth-order valence-corrected chi connectivity index (χ4v) is 3.43. The zero-order valence-electron chi connectivity index (χ0n) is 12.6. The second-order valence-corrected chi connectivity index (χ2v) is 6.64. The topological polar surface area (TPSA) is 21.3 Å². The maximum Gasteiger partial charge on any atom is 0.126 e. The summed E-state index contributed by atoms with van der Waals surface area (Å²) in [6.45, 7) is 4.29. The highest BCUT2D eigenvalue weighted by atomic mass is 79.9. The van der Waals surface area contributed by atoms with Gasteiger partial charge in [0.1, 0.15) is 11.9 Å². The summed E-state index contributed by atoms with van der Waals surface area (Å²) in [5, 5.41) is 3.41. The molecule has 0 bridgehead atoms. The van der Waals surface area contributed by atoms with E-state index in [4.69, 9.17) is 4.74 Å². The number of benzene rings is 2. The highest BCUT2D eigenvalue weighted by molar-refractivity contribution is 9.10. The highest BCUT2D eigenvalue weighted by Crippen LogP contribution is 2.42. The van der Waals surface area contributed by atoms with Gasteiger partial charge in [0.2, 0.25) is 0 Å². The largest absolute Gasteiger partial charge is 0.485 e. The van der Waals surface area contributed by atoms with Crippen molar-refractivity contribution in [2.75, 3.05) is 7.05 Å². The van der Waals surface area contributed by atoms with E-state index in [0.717, 1.165) is 16.6 Å². The maximum atomic E-state index is 6.28. The van der Waals surface area contributed by atoms with Crippen molar-refractivity contribution in [2.24, 2.45) is 0 Å². The molecule has 2 nitrogen and oxygen atoms in total. The normalized spacial score (nSPS) is 20.8. The van der Waals surface area contributed by atoms with Gasteiger partial charge in [-0.25, -0.2) is 0 Å². The zero-order chi connectivity index (χ0) is 15.0. The van der Waals surface area contributed by atoms with Gasteiger partial charge in [0.15, 0.2) is 0 Å². The minimum atomic E-state index is 0.102. The van der Waals surface area contributed by atoms with Crippen LogP contribution in [0.5, 0.6) is 5.75 Å². The summed E-state index contributed by atoms with van der Waals surface area (Å²) in [6, 6.07) is 13.2. The van der Waals surface area contributed by atoms with Gasteiger partial charge in [-0.3, -0.25) is 0 Å². The molecule has 2 atom stereocenters. The molecule has 0 saturated carbocycles. The van der Waals surface area contributed by atoms with Crippen LogP contribution in [0.4, 0.5) is 0 Å². The van der Waals surface area contributed by atoms with E-state index in [9.17, 15) is 0 Å². The monoisotopic (exact) mass is 345 g/mol. The third-order valence-electron chi connectivity index (χ3n) is 4.19. The van der Waals surface area contributed by atoms with Gasteiger partial charge >= 0.3 is 0 Å². The Morgan fingerprint density at radius 1 is 1.10 bits per heavy atom. The molecule has 0 fully saturated rings. The van der Waals surface area contributed by atoms with Crippen LogP contribution in [-0.2, 0) is 0 Å². The second kappa shape index (κ2) is 5.82. The van der Waals surface area contributed by atoms with Crippen molar-refractivity contribution in [3.05, 3.63) is 63.1 Å². The molecule has 2 unspecified atom stereocenters. The van der Waals surface area contributed by atoms with Gasteiger partial charge in [-0.15, -0.1) is 0 Å². The van der Waals surface area contributed by atoms with E-state index in [1.54, 1.807) is 0 Å². The predicted molar refractivity (Wildman–Crippen MR) is 89.8 cm³/mol. The lowest BCUT2D eigenvalue weighted by atomic mass is 9.91. The molecule has 0 spiro atoms. The van der Waals surface area contributed by atoms with E-state index >= 15 is 0 Å². The van der Waals surface area contributed by atoms with Crippen LogP contribution >= 0.6 is 15.9 Å². The summed E-state index contributed by atoms with van der Waals surface area (Å²) in [5.74, 6) is 0.972. The average molecular weight is 346 g/mol. The Balaban J connectivity index is 1.99. The average Bonchev–Trinajstić information content (AvgIpc) is 2.45. The van der Waals surface area contributed by atoms with Crippen molar-refractivity contribution in [1.82, 2.24) is 5.32 Å². The molecule has 1 aliphatic rings. The molecule has 0 radical (unpaired) electrons. The Labute approximate surface area is 134 Å². The first-order valence-electron chi connectivity index (χ1n) is 7.29. The second-order valence-electron chi connectivity index (χ2n) is 5.73. The first-order valence-corrected chi connectivity index (χ1v) is 8.08. The molecule has 3 heteroatoms. The molecule has 1 N–H and O–H groups in total. The number of hydrogen-bond donors (Lipinski definition) is 1. The maximum absolute atomic E-state index is 6.28. The number of ether oxygens (including phenoxy) is 1. The van der Waals surface area contributed by atoms with E-state index in [1.807, 2.05) is 7.05 Å². The minimum Gasteiger partial charge on any atom is -0.485 e.